The summed E-state index contributed by atoms with van der Waals surface area (Å²) in [6.45, 7) is 0. The van der Waals surface area contributed by atoms with Gasteiger partial charge in [0.1, 0.15) is 11.2 Å². The number of para-hydroxylation sites is 2. The Balaban J connectivity index is 1.09. The van der Waals surface area contributed by atoms with Gasteiger partial charge in [-0.3, -0.25) is 0 Å². The minimum absolute atomic E-state index is 0.137. The number of furan rings is 1. The van der Waals surface area contributed by atoms with E-state index in [0.29, 0.717) is 0 Å². The molecule has 0 aliphatic carbocycles. The van der Waals surface area contributed by atoms with Crippen LogP contribution in [0.4, 0.5) is 26.3 Å². The highest BCUT2D eigenvalue weighted by Gasteiger charge is 2.37. The van der Waals surface area contributed by atoms with E-state index in [1.54, 1.807) is 24.3 Å². The number of hydrogen-bond donors (Lipinski definition) is 0. The van der Waals surface area contributed by atoms with Gasteiger partial charge in [-0.1, -0.05) is 109 Å². The van der Waals surface area contributed by atoms with Crippen LogP contribution in [0.5, 0.6) is 0 Å². The van der Waals surface area contributed by atoms with Gasteiger partial charge < -0.3 is 4.42 Å². The summed E-state index contributed by atoms with van der Waals surface area (Å²) < 4.78 is 86.7. The number of halogens is 6. The fourth-order valence-electron chi connectivity index (χ4n) is 6.40. The SMILES string of the molecule is FC(F)(F)c1cc(-c2ccc(-c3ccc4ccc(-c5ccc(-c6cccc7c6oc6ccccc67)cc5)cc4c3)cc2)cc(C(F)(F)F)c1. The van der Waals surface area contributed by atoms with Crippen LogP contribution in [0.15, 0.2) is 150 Å². The van der Waals surface area contributed by atoms with Gasteiger partial charge in [-0.2, -0.15) is 26.3 Å². The second-order valence-electron chi connectivity index (χ2n) is 12.0. The van der Waals surface area contributed by atoms with E-state index in [2.05, 4.69) is 54.6 Å². The van der Waals surface area contributed by atoms with Crippen molar-refractivity contribution in [1.29, 1.82) is 0 Å². The molecule has 49 heavy (non-hydrogen) atoms. The first-order valence-corrected chi connectivity index (χ1v) is 15.5. The Morgan fingerprint density at radius 3 is 1.43 bits per heavy atom. The molecule has 0 radical (unpaired) electrons. The summed E-state index contributed by atoms with van der Waals surface area (Å²) in [4.78, 5) is 0. The van der Waals surface area contributed by atoms with Crippen molar-refractivity contribution in [2.24, 2.45) is 0 Å². The van der Waals surface area contributed by atoms with Crippen molar-refractivity contribution in [3.63, 3.8) is 0 Å². The molecule has 0 unspecified atom stereocenters. The molecule has 0 atom stereocenters. The lowest BCUT2D eigenvalue weighted by molar-refractivity contribution is -0.143. The van der Waals surface area contributed by atoms with Gasteiger partial charge in [0.05, 0.1) is 11.1 Å². The molecule has 7 aromatic carbocycles. The zero-order chi connectivity index (χ0) is 33.9. The molecule has 1 heterocycles. The summed E-state index contributed by atoms with van der Waals surface area (Å²) in [5, 5.41) is 4.17. The smallest absolute Gasteiger partial charge is 0.416 e. The summed E-state index contributed by atoms with van der Waals surface area (Å²) in [6, 6.07) is 42.8. The molecule has 0 N–H and O–H groups in total. The maximum absolute atomic E-state index is 13.4. The van der Waals surface area contributed by atoms with E-state index >= 15 is 0 Å². The molecule has 7 heteroatoms. The highest BCUT2D eigenvalue weighted by Crippen LogP contribution is 2.40. The van der Waals surface area contributed by atoms with Gasteiger partial charge in [0.25, 0.3) is 0 Å². The van der Waals surface area contributed by atoms with E-state index in [1.807, 2.05) is 48.5 Å². The topological polar surface area (TPSA) is 13.1 Å². The third kappa shape index (κ3) is 5.71. The Morgan fingerprint density at radius 2 is 0.857 bits per heavy atom. The van der Waals surface area contributed by atoms with Crippen molar-refractivity contribution in [2.75, 3.05) is 0 Å². The Morgan fingerprint density at radius 1 is 0.367 bits per heavy atom. The van der Waals surface area contributed by atoms with Gasteiger partial charge in [0.2, 0.25) is 0 Å². The molecule has 8 rings (SSSR count). The summed E-state index contributed by atoms with van der Waals surface area (Å²) in [6.07, 6.45) is -9.82. The first-order chi connectivity index (χ1) is 23.5. The average Bonchev–Trinajstić information content (AvgIpc) is 3.49. The van der Waals surface area contributed by atoms with Crippen LogP contribution >= 0.6 is 0 Å². The van der Waals surface area contributed by atoms with Crippen molar-refractivity contribution in [3.05, 3.63) is 157 Å². The third-order valence-corrected chi connectivity index (χ3v) is 8.91. The summed E-state index contributed by atoms with van der Waals surface area (Å²) in [5.74, 6) is 0. The highest BCUT2D eigenvalue weighted by molar-refractivity contribution is 6.09. The lowest BCUT2D eigenvalue weighted by Crippen LogP contribution is -2.11. The molecule has 0 fully saturated rings. The summed E-state index contributed by atoms with van der Waals surface area (Å²) in [7, 11) is 0. The standard InChI is InChI=1S/C42H24F6O/c43-41(44,45)34-22-33(23-35(24-34)42(46,47)48)28-10-8-25(9-11-28)30-18-14-27-15-19-31(21-32(27)20-30)26-12-16-29(17-13-26)36-5-3-6-38-37-4-1-2-7-39(37)49-40(36)38/h1-24H. The minimum Gasteiger partial charge on any atom is -0.455 e. The molecule has 0 spiro atoms. The van der Waals surface area contributed by atoms with E-state index in [9.17, 15) is 26.3 Å². The Hall–Kier alpha value is -5.82. The van der Waals surface area contributed by atoms with Gasteiger partial charge >= 0.3 is 12.4 Å². The lowest BCUT2D eigenvalue weighted by Gasteiger charge is -2.14. The van der Waals surface area contributed by atoms with Gasteiger partial charge in [-0.15, -0.1) is 0 Å². The molecular formula is C42H24F6O. The number of hydrogen-bond acceptors (Lipinski definition) is 1. The molecule has 8 aromatic rings. The van der Waals surface area contributed by atoms with E-state index < -0.39 is 23.5 Å². The van der Waals surface area contributed by atoms with E-state index in [0.717, 1.165) is 78.2 Å². The second-order valence-corrected chi connectivity index (χ2v) is 12.0. The van der Waals surface area contributed by atoms with E-state index in [4.69, 9.17) is 4.42 Å². The van der Waals surface area contributed by atoms with Crippen LogP contribution in [0.2, 0.25) is 0 Å². The van der Waals surface area contributed by atoms with Crippen LogP contribution in [0.25, 0.3) is 77.2 Å². The molecule has 240 valence electrons. The first kappa shape index (κ1) is 30.5. The van der Waals surface area contributed by atoms with Crippen molar-refractivity contribution in [2.45, 2.75) is 12.4 Å². The Labute approximate surface area is 276 Å². The number of benzene rings is 7. The first-order valence-electron chi connectivity index (χ1n) is 15.5. The predicted molar refractivity (Wildman–Crippen MR) is 183 cm³/mol. The van der Waals surface area contributed by atoms with Crippen molar-refractivity contribution in [3.8, 4) is 44.5 Å². The summed E-state index contributed by atoms with van der Waals surface area (Å²) in [5.41, 5.74) is 4.88. The van der Waals surface area contributed by atoms with Crippen LogP contribution in [-0.2, 0) is 12.4 Å². The molecule has 0 amide bonds. The number of rotatable bonds is 4. The fraction of sp³-hybridized carbons (Fsp3) is 0.0476. The number of alkyl halides is 6. The van der Waals surface area contributed by atoms with Crippen LogP contribution in [0.3, 0.4) is 0 Å². The van der Waals surface area contributed by atoms with E-state index in [-0.39, 0.29) is 17.2 Å². The third-order valence-electron chi connectivity index (χ3n) is 8.91. The lowest BCUT2D eigenvalue weighted by atomic mass is 9.94. The minimum atomic E-state index is -4.91. The quantitative estimate of drug-likeness (QED) is 0.172. The Kier molecular flexibility index (Phi) is 7.10. The fourth-order valence-corrected chi connectivity index (χ4v) is 6.40. The molecule has 0 aliphatic heterocycles. The van der Waals surface area contributed by atoms with Gasteiger partial charge in [0.15, 0.2) is 0 Å². The normalized spacial score (nSPS) is 12.3. The molecule has 0 bridgehead atoms. The zero-order valence-electron chi connectivity index (χ0n) is 25.5. The maximum atomic E-state index is 13.4. The van der Waals surface area contributed by atoms with Gasteiger partial charge in [-0.25, -0.2) is 0 Å². The maximum Gasteiger partial charge on any atom is 0.416 e. The van der Waals surface area contributed by atoms with Crippen LogP contribution in [-0.4, -0.2) is 0 Å². The van der Waals surface area contributed by atoms with Gasteiger partial charge in [0, 0.05) is 16.3 Å². The zero-order valence-corrected chi connectivity index (χ0v) is 25.5. The molecule has 1 aromatic heterocycles. The highest BCUT2D eigenvalue weighted by atomic mass is 19.4. The second kappa shape index (κ2) is 11.4. The molecule has 0 saturated heterocycles. The van der Waals surface area contributed by atoms with Crippen molar-refractivity contribution in [1.82, 2.24) is 0 Å². The predicted octanol–water partition coefficient (Wildman–Crippen LogP) is 13.4. The van der Waals surface area contributed by atoms with Crippen molar-refractivity contribution < 1.29 is 30.8 Å². The van der Waals surface area contributed by atoms with E-state index in [1.165, 1.54) is 0 Å². The average molecular weight is 659 g/mol. The molecule has 0 aliphatic rings. The molecular weight excluding hydrogens is 634 g/mol. The summed E-state index contributed by atoms with van der Waals surface area (Å²) >= 11 is 0. The van der Waals surface area contributed by atoms with Gasteiger partial charge in [-0.05, 0) is 86.1 Å². The molecule has 1 nitrogen and oxygen atoms in total. The largest absolute Gasteiger partial charge is 0.455 e. The molecule has 0 saturated carbocycles. The van der Waals surface area contributed by atoms with Crippen molar-refractivity contribution >= 4 is 32.7 Å². The monoisotopic (exact) mass is 658 g/mol. The number of fused-ring (bicyclic) bond motifs is 4. The Bertz CT molecular complexity index is 2470. The van der Waals surface area contributed by atoms with Crippen LogP contribution < -0.4 is 0 Å². The van der Waals surface area contributed by atoms with Crippen LogP contribution in [0.1, 0.15) is 11.1 Å². The van der Waals surface area contributed by atoms with Crippen LogP contribution in [0, 0.1) is 0 Å².